The van der Waals surface area contributed by atoms with Gasteiger partial charge in [-0.05, 0) is 31.5 Å². The zero-order valence-electron chi connectivity index (χ0n) is 11.9. The van der Waals surface area contributed by atoms with Gasteiger partial charge >= 0.3 is 5.97 Å². The van der Waals surface area contributed by atoms with Crippen molar-refractivity contribution in [3.05, 3.63) is 36.0 Å². The fraction of sp³-hybridized carbons (Fsp3) is 0.438. The molecule has 106 valence electrons. The highest BCUT2D eigenvalue weighted by Crippen LogP contribution is 2.28. The molecule has 20 heavy (non-hydrogen) atoms. The summed E-state index contributed by atoms with van der Waals surface area (Å²) >= 11 is 0. The first-order valence-electron chi connectivity index (χ1n) is 7.07. The van der Waals surface area contributed by atoms with Gasteiger partial charge in [0, 0.05) is 36.7 Å². The number of likely N-dealkylation sites (tertiary alicyclic amines) is 1. The molecule has 2 atom stereocenters. The number of hydrogen-bond donors (Lipinski definition) is 1. The van der Waals surface area contributed by atoms with E-state index in [-0.39, 0.29) is 12.0 Å². The van der Waals surface area contributed by atoms with Crippen molar-refractivity contribution >= 4 is 16.9 Å². The number of hydrogen-bond acceptors (Lipinski definition) is 2. The summed E-state index contributed by atoms with van der Waals surface area (Å²) < 4.78 is 2.14. The first-order valence-corrected chi connectivity index (χ1v) is 7.07. The lowest BCUT2D eigenvalue weighted by Gasteiger charge is -2.22. The highest BCUT2D eigenvalue weighted by atomic mass is 16.4. The standard InChI is InChI=1S/C16H20N2O2/c1-11-13(16(19)20)7-8-18(11)10-12-9-17(2)15-6-4-3-5-14(12)15/h3-6,9,11,13H,7-8,10H2,1-2H3,(H,19,20). The van der Waals surface area contributed by atoms with E-state index in [0.717, 1.165) is 19.5 Å². The third kappa shape index (κ3) is 2.10. The molecule has 0 aliphatic carbocycles. The summed E-state index contributed by atoms with van der Waals surface area (Å²) in [6, 6.07) is 8.46. The minimum Gasteiger partial charge on any atom is -0.481 e. The van der Waals surface area contributed by atoms with E-state index >= 15 is 0 Å². The predicted molar refractivity (Wildman–Crippen MR) is 78.5 cm³/mol. The number of aryl methyl sites for hydroxylation is 1. The van der Waals surface area contributed by atoms with Crippen LogP contribution in [0.3, 0.4) is 0 Å². The number of rotatable bonds is 3. The van der Waals surface area contributed by atoms with Gasteiger partial charge in [0.05, 0.1) is 5.92 Å². The van der Waals surface area contributed by atoms with Crippen LogP contribution in [0.1, 0.15) is 18.9 Å². The van der Waals surface area contributed by atoms with Crippen LogP contribution in [0.2, 0.25) is 0 Å². The van der Waals surface area contributed by atoms with Crippen LogP contribution in [0.4, 0.5) is 0 Å². The number of carbonyl (C=O) groups is 1. The van der Waals surface area contributed by atoms with Crippen LogP contribution in [0, 0.1) is 5.92 Å². The first-order chi connectivity index (χ1) is 9.58. The summed E-state index contributed by atoms with van der Waals surface area (Å²) in [6.45, 7) is 3.71. The van der Waals surface area contributed by atoms with Gasteiger partial charge < -0.3 is 9.67 Å². The van der Waals surface area contributed by atoms with Gasteiger partial charge in [-0.1, -0.05) is 18.2 Å². The van der Waals surface area contributed by atoms with Crippen molar-refractivity contribution in [2.24, 2.45) is 13.0 Å². The maximum absolute atomic E-state index is 11.2. The molecule has 1 aromatic heterocycles. The highest BCUT2D eigenvalue weighted by molar-refractivity contribution is 5.83. The second-order valence-corrected chi connectivity index (χ2v) is 5.73. The number of aromatic nitrogens is 1. The van der Waals surface area contributed by atoms with Crippen LogP contribution in [0.25, 0.3) is 10.9 Å². The number of aliphatic carboxylic acids is 1. The molecule has 2 heterocycles. The van der Waals surface area contributed by atoms with E-state index in [9.17, 15) is 9.90 Å². The van der Waals surface area contributed by atoms with Crippen molar-refractivity contribution in [1.82, 2.24) is 9.47 Å². The molecule has 2 aromatic rings. The molecular weight excluding hydrogens is 252 g/mol. The first kappa shape index (κ1) is 13.2. The third-order valence-electron chi connectivity index (χ3n) is 4.56. The molecule has 0 radical (unpaired) electrons. The molecular formula is C16H20N2O2. The largest absolute Gasteiger partial charge is 0.481 e. The summed E-state index contributed by atoms with van der Waals surface area (Å²) in [5.41, 5.74) is 2.50. The summed E-state index contributed by atoms with van der Waals surface area (Å²) in [5.74, 6) is -0.900. The molecule has 4 nitrogen and oxygen atoms in total. The van der Waals surface area contributed by atoms with Gasteiger partial charge in [0.15, 0.2) is 0 Å². The van der Waals surface area contributed by atoms with E-state index in [2.05, 4.69) is 40.9 Å². The Morgan fingerprint density at radius 3 is 2.85 bits per heavy atom. The lowest BCUT2D eigenvalue weighted by atomic mass is 10.0. The van der Waals surface area contributed by atoms with E-state index in [1.165, 1.54) is 16.5 Å². The molecule has 1 saturated heterocycles. The summed E-state index contributed by atoms with van der Waals surface area (Å²) in [7, 11) is 2.05. The molecule has 1 fully saturated rings. The van der Waals surface area contributed by atoms with Gasteiger partial charge in [0.1, 0.15) is 0 Å². The number of nitrogens with zero attached hydrogens (tertiary/aromatic N) is 2. The molecule has 1 aromatic carbocycles. The van der Waals surface area contributed by atoms with Crippen molar-refractivity contribution < 1.29 is 9.90 Å². The van der Waals surface area contributed by atoms with Crippen LogP contribution in [-0.4, -0.2) is 33.1 Å². The molecule has 1 N–H and O–H groups in total. The van der Waals surface area contributed by atoms with Crippen LogP contribution in [0.15, 0.2) is 30.5 Å². The van der Waals surface area contributed by atoms with E-state index in [4.69, 9.17) is 0 Å². The SMILES string of the molecule is CC1C(C(=O)O)CCN1Cc1cn(C)c2ccccc12. The number of carboxylic acids is 1. The fourth-order valence-electron chi connectivity index (χ4n) is 3.33. The molecule has 2 unspecified atom stereocenters. The average Bonchev–Trinajstić information content (AvgIpc) is 2.93. The number of para-hydroxylation sites is 1. The third-order valence-corrected chi connectivity index (χ3v) is 4.56. The van der Waals surface area contributed by atoms with Crippen LogP contribution < -0.4 is 0 Å². The Morgan fingerprint density at radius 2 is 2.15 bits per heavy atom. The Morgan fingerprint density at radius 1 is 1.40 bits per heavy atom. The van der Waals surface area contributed by atoms with E-state index in [1.807, 2.05) is 13.0 Å². The van der Waals surface area contributed by atoms with Crippen molar-refractivity contribution in [2.45, 2.75) is 25.9 Å². The normalized spacial score (nSPS) is 23.5. The number of carboxylic acid groups (broad SMARTS) is 1. The Bertz CT molecular complexity index is 647. The molecule has 1 aliphatic heterocycles. The van der Waals surface area contributed by atoms with Gasteiger partial charge in [0.25, 0.3) is 0 Å². The second-order valence-electron chi connectivity index (χ2n) is 5.73. The Kier molecular flexibility index (Phi) is 3.26. The summed E-state index contributed by atoms with van der Waals surface area (Å²) in [5, 5.41) is 10.5. The van der Waals surface area contributed by atoms with Crippen LogP contribution >= 0.6 is 0 Å². The summed E-state index contributed by atoms with van der Waals surface area (Å²) in [6.07, 6.45) is 2.91. The molecule has 4 heteroatoms. The average molecular weight is 272 g/mol. The van der Waals surface area contributed by atoms with Crippen molar-refractivity contribution in [3.8, 4) is 0 Å². The molecule has 0 spiro atoms. The minimum absolute atomic E-state index is 0.103. The van der Waals surface area contributed by atoms with Gasteiger partial charge in [-0.15, -0.1) is 0 Å². The molecule has 0 amide bonds. The second kappa shape index (κ2) is 4.94. The van der Waals surface area contributed by atoms with E-state index in [1.54, 1.807) is 0 Å². The topological polar surface area (TPSA) is 45.5 Å². The Balaban J connectivity index is 1.86. The molecule has 3 rings (SSSR count). The van der Waals surface area contributed by atoms with Crippen LogP contribution in [0.5, 0.6) is 0 Å². The maximum atomic E-state index is 11.2. The zero-order chi connectivity index (χ0) is 14.3. The van der Waals surface area contributed by atoms with Crippen molar-refractivity contribution in [2.75, 3.05) is 6.54 Å². The monoisotopic (exact) mass is 272 g/mol. The van der Waals surface area contributed by atoms with Gasteiger partial charge in [0.2, 0.25) is 0 Å². The van der Waals surface area contributed by atoms with Crippen LogP contribution in [-0.2, 0) is 18.4 Å². The van der Waals surface area contributed by atoms with E-state index < -0.39 is 5.97 Å². The number of fused-ring (bicyclic) bond motifs is 1. The number of benzene rings is 1. The van der Waals surface area contributed by atoms with Crippen molar-refractivity contribution in [3.63, 3.8) is 0 Å². The smallest absolute Gasteiger partial charge is 0.308 e. The molecule has 0 bridgehead atoms. The minimum atomic E-state index is -0.669. The zero-order valence-corrected chi connectivity index (χ0v) is 11.9. The lowest BCUT2D eigenvalue weighted by Crippen LogP contribution is -2.32. The lowest BCUT2D eigenvalue weighted by molar-refractivity contribution is -0.142. The maximum Gasteiger partial charge on any atom is 0.308 e. The van der Waals surface area contributed by atoms with Gasteiger partial charge in [-0.25, -0.2) is 0 Å². The quantitative estimate of drug-likeness (QED) is 0.933. The van der Waals surface area contributed by atoms with E-state index in [0.29, 0.717) is 0 Å². The van der Waals surface area contributed by atoms with Gasteiger partial charge in [-0.3, -0.25) is 9.69 Å². The Hall–Kier alpha value is -1.81. The van der Waals surface area contributed by atoms with Gasteiger partial charge in [-0.2, -0.15) is 0 Å². The fourth-order valence-corrected chi connectivity index (χ4v) is 3.33. The highest BCUT2D eigenvalue weighted by Gasteiger charge is 2.35. The molecule has 0 saturated carbocycles. The summed E-state index contributed by atoms with van der Waals surface area (Å²) in [4.78, 5) is 13.5. The molecule has 1 aliphatic rings. The Labute approximate surface area is 118 Å². The van der Waals surface area contributed by atoms with Crippen molar-refractivity contribution in [1.29, 1.82) is 0 Å². The predicted octanol–water partition coefficient (Wildman–Crippen LogP) is 2.47.